The van der Waals surface area contributed by atoms with Gasteiger partial charge >= 0.3 is 0 Å². The number of nitrogens with zero attached hydrogens (tertiary/aromatic N) is 2. The van der Waals surface area contributed by atoms with E-state index in [1.165, 1.54) is 41.2 Å². The van der Waals surface area contributed by atoms with Crippen LogP contribution in [-0.4, -0.2) is 36.4 Å². The highest BCUT2D eigenvalue weighted by Crippen LogP contribution is 2.50. The molecule has 2 aromatic rings. The van der Waals surface area contributed by atoms with E-state index >= 15 is 0 Å². The second kappa shape index (κ2) is 5.53. The zero-order chi connectivity index (χ0) is 15.2. The van der Waals surface area contributed by atoms with Crippen LogP contribution in [0.15, 0.2) is 41.6 Å². The molecule has 5 rings (SSSR count). The van der Waals surface area contributed by atoms with Gasteiger partial charge in [-0.3, -0.25) is 4.98 Å². The second-order valence-electron chi connectivity index (χ2n) is 6.71. The molecule has 3 aliphatic heterocycles. The molecule has 1 fully saturated rings. The fourth-order valence-corrected chi connectivity index (χ4v) is 5.51. The molecule has 0 bridgehead atoms. The second-order valence-corrected chi connectivity index (χ2v) is 7.85. The van der Waals surface area contributed by atoms with Crippen molar-refractivity contribution in [3.8, 4) is 11.1 Å². The summed E-state index contributed by atoms with van der Waals surface area (Å²) in [5.74, 6) is 1.89. The van der Waals surface area contributed by atoms with E-state index in [1.54, 1.807) is 11.3 Å². The van der Waals surface area contributed by atoms with Crippen molar-refractivity contribution in [1.29, 1.82) is 0 Å². The molecule has 2 atom stereocenters. The summed E-state index contributed by atoms with van der Waals surface area (Å²) in [7, 11) is 0. The summed E-state index contributed by atoms with van der Waals surface area (Å²) in [5, 5.41) is 3.61. The fourth-order valence-electron chi connectivity index (χ4n) is 4.44. The summed E-state index contributed by atoms with van der Waals surface area (Å²) < 4.78 is 0. The Balaban J connectivity index is 1.69. The highest BCUT2D eigenvalue weighted by Gasteiger charge is 2.41. The number of pyridine rings is 1. The van der Waals surface area contributed by atoms with Crippen LogP contribution in [-0.2, 0) is 0 Å². The van der Waals surface area contributed by atoms with Crippen LogP contribution >= 0.6 is 11.8 Å². The first-order chi connectivity index (χ1) is 11.4. The Bertz CT molecular complexity index is 731. The lowest BCUT2D eigenvalue weighted by molar-refractivity contribution is 0.403. The van der Waals surface area contributed by atoms with Gasteiger partial charge in [-0.15, -0.1) is 11.8 Å². The summed E-state index contributed by atoms with van der Waals surface area (Å²) in [4.78, 5) is 8.38. The van der Waals surface area contributed by atoms with Crippen LogP contribution in [0.2, 0.25) is 0 Å². The van der Waals surface area contributed by atoms with E-state index in [0.29, 0.717) is 12.0 Å². The number of nitrogens with one attached hydrogen (secondary N) is 1. The number of anilines is 1. The molecule has 3 nitrogen and oxygen atoms in total. The maximum atomic E-state index is 4.17. The van der Waals surface area contributed by atoms with Crippen molar-refractivity contribution in [2.75, 3.05) is 30.3 Å². The molecule has 2 unspecified atom stereocenters. The Kier molecular flexibility index (Phi) is 3.34. The molecule has 0 amide bonds. The number of rotatable bonds is 1. The molecule has 118 valence electrons. The highest BCUT2D eigenvalue weighted by molar-refractivity contribution is 7.99. The van der Waals surface area contributed by atoms with Crippen molar-refractivity contribution in [1.82, 2.24) is 10.3 Å². The average Bonchev–Trinajstić information content (AvgIpc) is 2.77. The molecule has 0 saturated carbocycles. The van der Waals surface area contributed by atoms with Gasteiger partial charge in [-0.2, -0.15) is 0 Å². The van der Waals surface area contributed by atoms with Gasteiger partial charge in [-0.1, -0.05) is 0 Å². The molecule has 1 saturated heterocycles. The van der Waals surface area contributed by atoms with Crippen LogP contribution in [0.25, 0.3) is 11.1 Å². The molecule has 0 spiro atoms. The smallest absolute Gasteiger partial charge is 0.0544 e. The Morgan fingerprint density at radius 2 is 2.09 bits per heavy atom. The van der Waals surface area contributed by atoms with Gasteiger partial charge in [0, 0.05) is 42.3 Å². The first kappa shape index (κ1) is 13.9. The molecular formula is C19H21N3S. The summed E-state index contributed by atoms with van der Waals surface area (Å²) >= 11 is 2.04. The van der Waals surface area contributed by atoms with Crippen molar-refractivity contribution in [2.24, 2.45) is 0 Å². The third kappa shape index (κ3) is 2.19. The van der Waals surface area contributed by atoms with Crippen molar-refractivity contribution >= 4 is 17.4 Å². The summed E-state index contributed by atoms with van der Waals surface area (Å²) in [5.41, 5.74) is 5.74. The lowest BCUT2D eigenvalue weighted by Gasteiger charge is -2.33. The summed E-state index contributed by atoms with van der Waals surface area (Å²) in [6, 6.07) is 9.81. The number of benzene rings is 1. The molecule has 0 aliphatic carbocycles. The number of hydrogen-bond acceptors (Lipinski definition) is 4. The Labute approximate surface area is 141 Å². The van der Waals surface area contributed by atoms with Crippen LogP contribution < -0.4 is 10.2 Å². The minimum atomic E-state index is 0.651. The number of piperidine rings is 1. The van der Waals surface area contributed by atoms with Gasteiger partial charge in [0.2, 0.25) is 0 Å². The number of aromatic nitrogens is 1. The number of fused-ring (bicyclic) bond motifs is 3. The first-order valence-corrected chi connectivity index (χ1v) is 9.59. The van der Waals surface area contributed by atoms with Crippen molar-refractivity contribution < 1.29 is 0 Å². The zero-order valence-electron chi connectivity index (χ0n) is 13.2. The van der Waals surface area contributed by atoms with Gasteiger partial charge < -0.3 is 10.2 Å². The van der Waals surface area contributed by atoms with Crippen LogP contribution in [0, 0.1) is 0 Å². The maximum absolute atomic E-state index is 4.17. The van der Waals surface area contributed by atoms with Gasteiger partial charge in [0.05, 0.1) is 5.69 Å². The first-order valence-electron chi connectivity index (χ1n) is 8.60. The molecule has 3 aliphatic rings. The summed E-state index contributed by atoms with van der Waals surface area (Å²) in [6.07, 6.45) is 6.35. The van der Waals surface area contributed by atoms with Crippen molar-refractivity contribution in [3.05, 3.63) is 42.2 Å². The van der Waals surface area contributed by atoms with Gasteiger partial charge in [0.15, 0.2) is 0 Å². The molecule has 1 N–H and O–H groups in total. The highest BCUT2D eigenvalue weighted by atomic mass is 32.2. The topological polar surface area (TPSA) is 28.2 Å². The Hall–Kier alpha value is -1.52. The van der Waals surface area contributed by atoms with E-state index in [9.17, 15) is 0 Å². The maximum Gasteiger partial charge on any atom is 0.0544 e. The van der Waals surface area contributed by atoms with Crippen LogP contribution in [0.5, 0.6) is 0 Å². The van der Waals surface area contributed by atoms with E-state index in [1.807, 2.05) is 24.2 Å². The molecular weight excluding hydrogens is 302 g/mol. The van der Waals surface area contributed by atoms with Gasteiger partial charge in [-0.25, -0.2) is 0 Å². The lowest BCUT2D eigenvalue weighted by Crippen LogP contribution is -2.44. The number of thioether (sulfide) groups is 1. The quantitative estimate of drug-likeness (QED) is 0.869. The monoisotopic (exact) mass is 323 g/mol. The van der Waals surface area contributed by atoms with E-state index in [-0.39, 0.29) is 0 Å². The van der Waals surface area contributed by atoms with Gasteiger partial charge in [0.25, 0.3) is 0 Å². The summed E-state index contributed by atoms with van der Waals surface area (Å²) in [6.45, 7) is 3.51. The predicted octanol–water partition coefficient (Wildman–Crippen LogP) is 3.51. The van der Waals surface area contributed by atoms with Gasteiger partial charge in [0.1, 0.15) is 0 Å². The normalized spacial score (nSPS) is 25.7. The molecule has 1 aromatic carbocycles. The van der Waals surface area contributed by atoms with E-state index in [4.69, 9.17) is 0 Å². The van der Waals surface area contributed by atoms with Crippen molar-refractivity contribution in [2.45, 2.75) is 29.7 Å². The van der Waals surface area contributed by atoms with E-state index in [2.05, 4.69) is 39.5 Å². The molecule has 0 radical (unpaired) electrons. The van der Waals surface area contributed by atoms with Crippen LogP contribution in [0.1, 0.15) is 24.3 Å². The molecule has 4 heterocycles. The fraction of sp³-hybridized carbons (Fsp3) is 0.421. The van der Waals surface area contributed by atoms with Crippen LogP contribution in [0.3, 0.4) is 0 Å². The lowest BCUT2D eigenvalue weighted by atomic mass is 9.89. The number of hydrogen-bond donors (Lipinski definition) is 1. The molecule has 1 aromatic heterocycles. The minimum absolute atomic E-state index is 0.651. The third-order valence-electron chi connectivity index (χ3n) is 5.45. The zero-order valence-corrected chi connectivity index (χ0v) is 14.0. The predicted molar refractivity (Wildman–Crippen MR) is 96.4 cm³/mol. The average molecular weight is 323 g/mol. The van der Waals surface area contributed by atoms with Crippen LogP contribution in [0.4, 0.5) is 5.69 Å². The third-order valence-corrected chi connectivity index (χ3v) is 6.57. The minimum Gasteiger partial charge on any atom is -0.367 e. The van der Waals surface area contributed by atoms with Crippen molar-refractivity contribution in [3.63, 3.8) is 0 Å². The molecule has 4 heteroatoms. The SMILES string of the molecule is c1cc(-c2cc3c4c(c2)C2CNCCC2N4CCCS3)ccn1. The van der Waals surface area contributed by atoms with E-state index in [0.717, 1.165) is 13.1 Å². The van der Waals surface area contributed by atoms with E-state index < -0.39 is 0 Å². The molecule has 23 heavy (non-hydrogen) atoms. The largest absolute Gasteiger partial charge is 0.367 e. The standard InChI is InChI=1S/C19H21N3S/c1-8-22-17-4-7-21-12-16(17)15-10-14(13-2-5-20-6-3-13)11-18(19(15)22)23-9-1/h2-3,5-6,10-11,16-17,21H,1,4,7-9,12H2. The Morgan fingerprint density at radius 1 is 1.17 bits per heavy atom. The Morgan fingerprint density at radius 3 is 3.00 bits per heavy atom. The van der Waals surface area contributed by atoms with Gasteiger partial charge in [-0.05, 0) is 66.1 Å².